The highest BCUT2D eigenvalue weighted by atomic mass is 32.2. The standard InChI is InChI=1S/C21H15N3O2S/c22-13-15-10-11-23-20(12-15)27-14-19(25)16-6-8-18(9-7-16)24-21(26)17-4-2-1-3-5-17/h1-12H,14H2,(H,24,26). The second kappa shape index (κ2) is 8.79. The summed E-state index contributed by atoms with van der Waals surface area (Å²) in [4.78, 5) is 28.6. The van der Waals surface area contributed by atoms with E-state index >= 15 is 0 Å². The van der Waals surface area contributed by atoms with E-state index in [4.69, 9.17) is 5.26 Å². The lowest BCUT2D eigenvalue weighted by Crippen LogP contribution is -2.11. The van der Waals surface area contributed by atoms with Crippen LogP contribution in [0.3, 0.4) is 0 Å². The van der Waals surface area contributed by atoms with Gasteiger partial charge < -0.3 is 5.32 Å². The molecule has 6 heteroatoms. The Balaban J connectivity index is 1.58. The first-order chi connectivity index (χ1) is 13.2. The number of anilines is 1. The molecule has 0 radical (unpaired) electrons. The number of carbonyl (C=O) groups excluding carboxylic acids is 2. The number of Topliss-reactive ketones (excluding diaryl/α,β-unsaturated/α-hetero) is 1. The zero-order valence-electron chi connectivity index (χ0n) is 14.3. The van der Waals surface area contributed by atoms with Gasteiger partial charge in [0.15, 0.2) is 5.78 Å². The average molecular weight is 373 g/mol. The Kier molecular flexibility index (Phi) is 5.98. The fraction of sp³-hybridized carbons (Fsp3) is 0.0476. The summed E-state index contributed by atoms with van der Waals surface area (Å²) < 4.78 is 0. The molecule has 0 aliphatic heterocycles. The molecule has 0 aliphatic carbocycles. The van der Waals surface area contributed by atoms with Crippen LogP contribution >= 0.6 is 11.8 Å². The van der Waals surface area contributed by atoms with Crippen LogP contribution in [0.5, 0.6) is 0 Å². The van der Waals surface area contributed by atoms with Crippen molar-refractivity contribution < 1.29 is 9.59 Å². The van der Waals surface area contributed by atoms with Gasteiger partial charge in [0.2, 0.25) is 0 Å². The van der Waals surface area contributed by atoms with Crippen molar-refractivity contribution in [1.82, 2.24) is 4.98 Å². The molecule has 0 aliphatic rings. The van der Waals surface area contributed by atoms with Gasteiger partial charge in [-0.1, -0.05) is 30.0 Å². The number of nitriles is 1. The Labute approximate surface area is 161 Å². The monoisotopic (exact) mass is 373 g/mol. The Hall–Kier alpha value is -3.43. The van der Waals surface area contributed by atoms with Crippen LogP contribution in [0, 0.1) is 11.3 Å². The van der Waals surface area contributed by atoms with Crippen LogP contribution in [-0.2, 0) is 0 Å². The summed E-state index contributed by atoms with van der Waals surface area (Å²) in [6.07, 6.45) is 1.55. The minimum atomic E-state index is -0.200. The summed E-state index contributed by atoms with van der Waals surface area (Å²) >= 11 is 1.28. The fourth-order valence-electron chi connectivity index (χ4n) is 2.31. The van der Waals surface area contributed by atoms with E-state index in [2.05, 4.69) is 10.3 Å². The third kappa shape index (κ3) is 5.03. The summed E-state index contributed by atoms with van der Waals surface area (Å²) in [7, 11) is 0. The molecule has 27 heavy (non-hydrogen) atoms. The zero-order chi connectivity index (χ0) is 19.1. The lowest BCUT2D eigenvalue weighted by molar-refractivity contribution is 0.101. The Morgan fingerprint density at radius 1 is 1.00 bits per heavy atom. The molecule has 1 aromatic heterocycles. The smallest absolute Gasteiger partial charge is 0.255 e. The Morgan fingerprint density at radius 3 is 2.44 bits per heavy atom. The number of rotatable bonds is 6. The third-order valence-corrected chi connectivity index (χ3v) is 4.64. The number of nitrogens with one attached hydrogen (secondary N) is 1. The average Bonchev–Trinajstić information content (AvgIpc) is 2.73. The first-order valence-electron chi connectivity index (χ1n) is 8.14. The quantitative estimate of drug-likeness (QED) is 0.518. The maximum Gasteiger partial charge on any atom is 0.255 e. The summed E-state index contributed by atoms with van der Waals surface area (Å²) in [5.41, 5.74) is 2.26. The van der Waals surface area contributed by atoms with Crippen LogP contribution < -0.4 is 5.32 Å². The van der Waals surface area contributed by atoms with Gasteiger partial charge in [-0.25, -0.2) is 4.98 Å². The molecule has 1 amide bonds. The summed E-state index contributed by atoms with van der Waals surface area (Å²) in [6.45, 7) is 0. The van der Waals surface area contributed by atoms with E-state index in [1.54, 1.807) is 66.9 Å². The van der Waals surface area contributed by atoms with Crippen molar-refractivity contribution >= 4 is 29.1 Å². The van der Waals surface area contributed by atoms with Gasteiger partial charge in [0.25, 0.3) is 5.91 Å². The van der Waals surface area contributed by atoms with E-state index in [1.807, 2.05) is 12.1 Å². The van der Waals surface area contributed by atoms with Crippen molar-refractivity contribution in [3.8, 4) is 6.07 Å². The molecule has 0 bridgehead atoms. The van der Waals surface area contributed by atoms with Crippen molar-refractivity contribution in [2.24, 2.45) is 0 Å². The van der Waals surface area contributed by atoms with Gasteiger partial charge in [0, 0.05) is 23.0 Å². The second-order valence-electron chi connectivity index (χ2n) is 5.60. The summed E-state index contributed by atoms with van der Waals surface area (Å²) in [6, 6.07) is 21.0. The predicted molar refractivity (Wildman–Crippen MR) is 105 cm³/mol. The molecule has 1 heterocycles. The first-order valence-corrected chi connectivity index (χ1v) is 9.13. The van der Waals surface area contributed by atoms with Crippen LogP contribution in [0.2, 0.25) is 0 Å². The van der Waals surface area contributed by atoms with Crippen molar-refractivity contribution in [2.75, 3.05) is 11.1 Å². The van der Waals surface area contributed by atoms with E-state index in [1.165, 1.54) is 11.8 Å². The molecular formula is C21H15N3O2S. The van der Waals surface area contributed by atoms with Crippen LogP contribution in [0.25, 0.3) is 0 Å². The van der Waals surface area contributed by atoms with Gasteiger partial charge in [-0.05, 0) is 48.5 Å². The molecule has 0 saturated carbocycles. The number of carbonyl (C=O) groups is 2. The number of hydrogen-bond acceptors (Lipinski definition) is 5. The molecular weight excluding hydrogens is 358 g/mol. The Bertz CT molecular complexity index is 996. The van der Waals surface area contributed by atoms with Crippen molar-refractivity contribution in [3.05, 3.63) is 89.6 Å². The van der Waals surface area contributed by atoms with E-state index in [9.17, 15) is 9.59 Å². The molecule has 0 atom stereocenters. The SMILES string of the molecule is N#Cc1ccnc(SCC(=O)c2ccc(NC(=O)c3ccccc3)cc2)c1. The fourth-order valence-corrected chi connectivity index (χ4v) is 3.10. The predicted octanol–water partition coefficient (Wildman–Crippen LogP) is 4.18. The lowest BCUT2D eigenvalue weighted by atomic mass is 10.1. The Morgan fingerprint density at radius 2 is 1.74 bits per heavy atom. The number of amides is 1. The van der Waals surface area contributed by atoms with Crippen molar-refractivity contribution in [3.63, 3.8) is 0 Å². The van der Waals surface area contributed by atoms with Crippen LogP contribution in [0.4, 0.5) is 5.69 Å². The van der Waals surface area contributed by atoms with Gasteiger partial charge in [-0.3, -0.25) is 9.59 Å². The zero-order valence-corrected chi connectivity index (χ0v) is 15.1. The van der Waals surface area contributed by atoms with Crippen molar-refractivity contribution in [2.45, 2.75) is 5.03 Å². The highest BCUT2D eigenvalue weighted by Crippen LogP contribution is 2.19. The molecule has 132 valence electrons. The van der Waals surface area contributed by atoms with Gasteiger partial charge in [-0.15, -0.1) is 0 Å². The molecule has 2 aromatic carbocycles. The highest BCUT2D eigenvalue weighted by molar-refractivity contribution is 7.99. The molecule has 3 aromatic rings. The minimum absolute atomic E-state index is 0.0508. The molecule has 0 unspecified atom stereocenters. The second-order valence-corrected chi connectivity index (χ2v) is 6.60. The van der Waals surface area contributed by atoms with Crippen LogP contribution in [-0.4, -0.2) is 22.4 Å². The number of nitrogens with zero attached hydrogens (tertiary/aromatic N) is 2. The molecule has 3 rings (SSSR count). The van der Waals surface area contributed by atoms with Crippen LogP contribution in [0.15, 0.2) is 78.0 Å². The molecule has 0 saturated heterocycles. The van der Waals surface area contributed by atoms with E-state index < -0.39 is 0 Å². The third-order valence-electron chi connectivity index (χ3n) is 3.72. The van der Waals surface area contributed by atoms with E-state index in [0.717, 1.165) is 0 Å². The highest BCUT2D eigenvalue weighted by Gasteiger charge is 2.09. The maximum atomic E-state index is 12.3. The number of aromatic nitrogens is 1. The molecule has 0 spiro atoms. The van der Waals surface area contributed by atoms with Crippen molar-refractivity contribution in [1.29, 1.82) is 5.26 Å². The lowest BCUT2D eigenvalue weighted by Gasteiger charge is -2.06. The first kappa shape index (κ1) is 18.4. The number of hydrogen-bond donors (Lipinski definition) is 1. The molecule has 5 nitrogen and oxygen atoms in total. The summed E-state index contributed by atoms with van der Waals surface area (Å²) in [5, 5.41) is 12.3. The number of ketones is 1. The minimum Gasteiger partial charge on any atom is -0.322 e. The van der Waals surface area contributed by atoms with E-state index in [0.29, 0.717) is 27.4 Å². The molecule has 1 N–H and O–H groups in total. The van der Waals surface area contributed by atoms with Gasteiger partial charge in [0.1, 0.15) is 0 Å². The topological polar surface area (TPSA) is 82.8 Å². The summed E-state index contributed by atoms with van der Waals surface area (Å²) in [5.74, 6) is -0.0313. The number of benzene rings is 2. The molecule has 0 fully saturated rings. The van der Waals surface area contributed by atoms with Gasteiger partial charge >= 0.3 is 0 Å². The number of pyridine rings is 1. The largest absolute Gasteiger partial charge is 0.322 e. The van der Waals surface area contributed by atoms with Gasteiger partial charge in [0.05, 0.1) is 22.4 Å². The number of thioether (sulfide) groups is 1. The van der Waals surface area contributed by atoms with E-state index in [-0.39, 0.29) is 17.4 Å². The normalized spacial score (nSPS) is 10.0. The van der Waals surface area contributed by atoms with Crippen LogP contribution in [0.1, 0.15) is 26.3 Å². The maximum absolute atomic E-state index is 12.3. The van der Waals surface area contributed by atoms with Gasteiger partial charge in [-0.2, -0.15) is 5.26 Å².